The van der Waals surface area contributed by atoms with E-state index in [1.165, 1.54) is 18.6 Å². The van der Waals surface area contributed by atoms with Crippen molar-refractivity contribution in [2.75, 3.05) is 0 Å². The second kappa shape index (κ2) is 7.89. The van der Waals surface area contributed by atoms with Crippen LogP contribution in [-0.4, -0.2) is 17.8 Å². The minimum atomic E-state index is -4.32. The van der Waals surface area contributed by atoms with E-state index in [1.807, 2.05) is 0 Å². The highest BCUT2D eigenvalue weighted by Crippen LogP contribution is 2.17. The molecule has 6 heteroatoms. The first-order valence-corrected chi connectivity index (χ1v) is 7.94. The van der Waals surface area contributed by atoms with E-state index >= 15 is 0 Å². The third-order valence-electron chi connectivity index (χ3n) is 2.54. The molecule has 0 spiro atoms. The summed E-state index contributed by atoms with van der Waals surface area (Å²) in [5.41, 5.74) is 1.04. The van der Waals surface area contributed by atoms with Crippen molar-refractivity contribution in [2.24, 2.45) is 0 Å². The Morgan fingerprint density at radius 2 is 1.83 bits per heavy atom. The van der Waals surface area contributed by atoms with E-state index < -0.39 is 10.1 Å². The number of rotatable bonds is 6. The van der Waals surface area contributed by atoms with E-state index in [2.05, 4.69) is 22.9 Å². The zero-order valence-corrected chi connectivity index (χ0v) is 13.1. The summed E-state index contributed by atoms with van der Waals surface area (Å²) in [6.07, 6.45) is 4.27. The van der Waals surface area contributed by atoms with E-state index in [0.717, 1.165) is 24.8 Å². The summed E-state index contributed by atoms with van der Waals surface area (Å²) < 4.78 is 32.2. The van der Waals surface area contributed by atoms with Gasteiger partial charge in [-0.25, -0.2) is 8.42 Å². The Labute approximate surface area is 117 Å². The predicted octanol–water partition coefficient (Wildman–Crippen LogP) is 3.46. The Balaban J connectivity index is 0.00000289. The minimum Gasteiger partial charge on any atom is -0.744 e. The molecule has 0 saturated heterocycles. The van der Waals surface area contributed by atoms with E-state index in [0.29, 0.717) is 4.83 Å². The van der Waals surface area contributed by atoms with Crippen LogP contribution < -0.4 is 6.15 Å². The highest BCUT2D eigenvalue weighted by Gasteiger charge is 2.06. The molecule has 0 bridgehead atoms. The van der Waals surface area contributed by atoms with Crippen LogP contribution in [0, 0.1) is 0 Å². The smallest absolute Gasteiger partial charge is 0.124 e. The number of halogens is 1. The first-order valence-electron chi connectivity index (χ1n) is 5.62. The predicted molar refractivity (Wildman–Crippen MR) is 76.3 cm³/mol. The van der Waals surface area contributed by atoms with Crippen LogP contribution in [0.25, 0.3) is 0 Å². The third kappa shape index (κ3) is 5.95. The fourth-order valence-electron chi connectivity index (χ4n) is 1.58. The topological polar surface area (TPSA) is 93.7 Å². The summed E-state index contributed by atoms with van der Waals surface area (Å²) in [6.45, 7) is 2.15. The molecule has 104 valence electrons. The van der Waals surface area contributed by atoms with Crippen LogP contribution in [0.4, 0.5) is 0 Å². The summed E-state index contributed by atoms with van der Waals surface area (Å²) in [5.74, 6) is 0. The van der Waals surface area contributed by atoms with Gasteiger partial charge in [0, 0.05) is 4.83 Å². The van der Waals surface area contributed by atoms with Gasteiger partial charge in [-0.15, -0.1) is 0 Å². The second-order valence-corrected chi connectivity index (χ2v) is 6.72. The van der Waals surface area contributed by atoms with Crippen LogP contribution in [0.1, 0.15) is 31.7 Å². The maximum atomic E-state index is 10.7. The van der Waals surface area contributed by atoms with Gasteiger partial charge in [-0.05, 0) is 30.5 Å². The molecule has 1 aromatic carbocycles. The third-order valence-corrected chi connectivity index (χ3v) is 4.17. The molecule has 4 nitrogen and oxygen atoms in total. The Morgan fingerprint density at radius 3 is 2.28 bits per heavy atom. The molecule has 4 N–H and O–H groups in total. The molecule has 18 heavy (non-hydrogen) atoms. The molecule has 0 saturated carbocycles. The molecule has 0 aliphatic carbocycles. The summed E-state index contributed by atoms with van der Waals surface area (Å²) in [7, 11) is -4.32. The van der Waals surface area contributed by atoms with E-state index in [1.54, 1.807) is 12.1 Å². The van der Waals surface area contributed by atoms with Crippen LogP contribution >= 0.6 is 15.9 Å². The molecule has 0 amide bonds. The lowest BCUT2D eigenvalue weighted by Gasteiger charge is -2.11. The van der Waals surface area contributed by atoms with Gasteiger partial charge in [0.15, 0.2) is 0 Å². The quantitative estimate of drug-likeness (QED) is 0.636. The Kier molecular flexibility index (Phi) is 7.70. The zero-order chi connectivity index (χ0) is 12.9. The van der Waals surface area contributed by atoms with Gasteiger partial charge >= 0.3 is 0 Å². The molecule has 0 heterocycles. The average molecular weight is 338 g/mol. The highest BCUT2D eigenvalue weighted by atomic mass is 79.9. The lowest BCUT2D eigenvalue weighted by molar-refractivity contribution is 0.463. The highest BCUT2D eigenvalue weighted by molar-refractivity contribution is 9.09. The number of quaternary nitrogens is 1. The molecule has 0 aromatic heterocycles. The summed E-state index contributed by atoms with van der Waals surface area (Å²) in [6, 6.07) is 6.14. The molecule has 0 aliphatic heterocycles. The van der Waals surface area contributed by atoms with E-state index in [9.17, 15) is 13.0 Å². The number of benzene rings is 1. The van der Waals surface area contributed by atoms with Crippen molar-refractivity contribution < 1.29 is 13.0 Å². The lowest BCUT2D eigenvalue weighted by Crippen LogP contribution is -2.03. The van der Waals surface area contributed by atoms with Gasteiger partial charge in [-0.3, -0.25) is 0 Å². The fraction of sp³-hybridized carbons (Fsp3) is 0.500. The van der Waals surface area contributed by atoms with Crippen molar-refractivity contribution in [3.63, 3.8) is 0 Å². The fourth-order valence-corrected chi connectivity index (χ4v) is 2.74. The van der Waals surface area contributed by atoms with Crippen molar-refractivity contribution in [2.45, 2.75) is 42.3 Å². The van der Waals surface area contributed by atoms with Crippen LogP contribution in [0.3, 0.4) is 0 Å². The van der Waals surface area contributed by atoms with E-state index in [-0.39, 0.29) is 11.0 Å². The van der Waals surface area contributed by atoms with Gasteiger partial charge in [0.1, 0.15) is 10.1 Å². The minimum absolute atomic E-state index is 0. The summed E-state index contributed by atoms with van der Waals surface area (Å²) >= 11 is 3.59. The van der Waals surface area contributed by atoms with Crippen molar-refractivity contribution in [1.82, 2.24) is 6.15 Å². The van der Waals surface area contributed by atoms with Crippen LogP contribution in [0.15, 0.2) is 29.2 Å². The van der Waals surface area contributed by atoms with Crippen LogP contribution in [0.5, 0.6) is 0 Å². The largest absolute Gasteiger partial charge is 0.744 e. The van der Waals surface area contributed by atoms with Gasteiger partial charge in [-0.1, -0.05) is 47.8 Å². The lowest BCUT2D eigenvalue weighted by atomic mass is 10.1. The number of hydrogen-bond donors (Lipinski definition) is 1. The van der Waals surface area contributed by atoms with Crippen molar-refractivity contribution >= 4 is 26.0 Å². The Bertz CT molecular complexity index is 445. The number of hydrogen-bond acceptors (Lipinski definition) is 3. The van der Waals surface area contributed by atoms with Crippen molar-refractivity contribution in [3.8, 4) is 0 Å². The molecule has 0 radical (unpaired) electrons. The first-order chi connectivity index (χ1) is 7.93. The molecule has 1 atom stereocenters. The molecule has 0 aliphatic rings. The van der Waals surface area contributed by atoms with Crippen LogP contribution in [0.2, 0.25) is 0 Å². The normalized spacial score (nSPS) is 12.8. The second-order valence-electron chi connectivity index (χ2n) is 4.04. The number of alkyl halides is 1. The van der Waals surface area contributed by atoms with Gasteiger partial charge < -0.3 is 10.7 Å². The Hall–Kier alpha value is -0.430. The van der Waals surface area contributed by atoms with Gasteiger partial charge in [0.2, 0.25) is 0 Å². The van der Waals surface area contributed by atoms with Crippen LogP contribution in [-0.2, 0) is 16.5 Å². The maximum Gasteiger partial charge on any atom is 0.124 e. The van der Waals surface area contributed by atoms with Crippen molar-refractivity contribution in [3.05, 3.63) is 29.8 Å². The zero-order valence-electron chi connectivity index (χ0n) is 10.7. The standard InChI is InChI=1S/C12H17BrO3S.H3N/c1-2-3-4-11(13)9-10-5-7-12(8-6-10)17(14,15)16;/h5-8,11H,2-4,9H2,1H3,(H,14,15,16);1H3. The number of unbranched alkanes of at least 4 members (excludes halogenated alkanes) is 1. The molecular formula is C12H20BrNO3S. The Morgan fingerprint density at radius 1 is 1.28 bits per heavy atom. The average Bonchev–Trinajstić information content (AvgIpc) is 2.26. The SMILES string of the molecule is CCCCC(Br)Cc1ccc(S(=O)(=O)[O-])cc1.[NH4+]. The van der Waals surface area contributed by atoms with Gasteiger partial charge in [-0.2, -0.15) is 0 Å². The first kappa shape index (κ1) is 17.6. The molecule has 1 unspecified atom stereocenters. The maximum absolute atomic E-state index is 10.7. The molecular weight excluding hydrogens is 318 g/mol. The summed E-state index contributed by atoms with van der Waals surface area (Å²) in [4.78, 5) is 0.234. The van der Waals surface area contributed by atoms with Gasteiger partial charge in [0.25, 0.3) is 0 Å². The van der Waals surface area contributed by atoms with Gasteiger partial charge in [0.05, 0.1) is 4.90 Å². The molecule has 1 aromatic rings. The summed E-state index contributed by atoms with van der Waals surface area (Å²) in [5, 5.41) is 0. The molecule has 0 fully saturated rings. The van der Waals surface area contributed by atoms with Crippen molar-refractivity contribution in [1.29, 1.82) is 0 Å². The van der Waals surface area contributed by atoms with E-state index in [4.69, 9.17) is 0 Å². The monoisotopic (exact) mass is 337 g/mol. The molecule has 1 rings (SSSR count).